The lowest BCUT2D eigenvalue weighted by Gasteiger charge is -2.29. The number of carbonyl (C=O) groups is 1. The van der Waals surface area contributed by atoms with Crippen molar-refractivity contribution >= 4 is 16.9 Å². The van der Waals surface area contributed by atoms with Crippen LogP contribution in [0.1, 0.15) is 45.1 Å². The Kier molecular flexibility index (Phi) is 6.36. The van der Waals surface area contributed by atoms with Crippen molar-refractivity contribution in [3.8, 4) is 6.01 Å². The second kappa shape index (κ2) is 8.61. The van der Waals surface area contributed by atoms with E-state index in [2.05, 4.69) is 10.3 Å². The molecule has 6 nitrogen and oxygen atoms in total. The van der Waals surface area contributed by atoms with Gasteiger partial charge >= 0.3 is 6.18 Å². The van der Waals surface area contributed by atoms with Crippen LogP contribution in [0.4, 0.5) is 13.2 Å². The Balaban J connectivity index is 1.55. The highest BCUT2D eigenvalue weighted by atomic mass is 19.4. The molecule has 1 aliphatic carbocycles. The van der Waals surface area contributed by atoms with E-state index >= 15 is 0 Å². The summed E-state index contributed by atoms with van der Waals surface area (Å²) >= 11 is 0. The second-order valence-electron chi connectivity index (χ2n) is 7.61. The smallest absolute Gasteiger partial charge is 0.416 e. The number of carbonyl (C=O) groups excluding carboxylic acids is 1. The summed E-state index contributed by atoms with van der Waals surface area (Å²) < 4.78 is 52.2. The van der Waals surface area contributed by atoms with Crippen LogP contribution < -0.4 is 10.1 Å². The molecule has 0 bridgehead atoms. The van der Waals surface area contributed by atoms with E-state index in [9.17, 15) is 18.0 Å². The Labute approximate surface area is 167 Å². The lowest BCUT2D eigenvalue weighted by atomic mass is 9.95. The summed E-state index contributed by atoms with van der Waals surface area (Å²) in [6.07, 6.45) is -1.16. The van der Waals surface area contributed by atoms with Crippen molar-refractivity contribution in [2.75, 3.05) is 6.61 Å². The average molecular weight is 413 g/mol. The fraction of sp³-hybridized carbons (Fsp3) is 0.600. The van der Waals surface area contributed by atoms with Gasteiger partial charge in [-0.2, -0.15) is 18.2 Å². The molecule has 0 saturated heterocycles. The van der Waals surface area contributed by atoms with Crippen molar-refractivity contribution in [1.29, 1.82) is 0 Å². The van der Waals surface area contributed by atoms with Crippen molar-refractivity contribution in [2.24, 2.45) is 7.05 Å². The zero-order valence-corrected chi connectivity index (χ0v) is 16.8. The molecule has 1 aromatic heterocycles. The summed E-state index contributed by atoms with van der Waals surface area (Å²) in [6.45, 7) is 3.83. The molecule has 1 aromatic carbocycles. The van der Waals surface area contributed by atoms with Crippen molar-refractivity contribution in [1.82, 2.24) is 14.9 Å². The number of aromatic nitrogens is 2. The van der Waals surface area contributed by atoms with E-state index in [0.29, 0.717) is 18.1 Å². The molecule has 0 aliphatic heterocycles. The Hall–Kier alpha value is -2.29. The molecule has 1 amide bonds. The second-order valence-corrected chi connectivity index (χ2v) is 7.61. The molecule has 2 aromatic rings. The molecule has 9 heteroatoms. The summed E-state index contributed by atoms with van der Waals surface area (Å²) in [7, 11) is 1.73. The number of alkyl halides is 3. The Bertz CT molecular complexity index is 858. The Morgan fingerprint density at radius 2 is 1.93 bits per heavy atom. The van der Waals surface area contributed by atoms with E-state index in [4.69, 9.17) is 9.47 Å². The summed E-state index contributed by atoms with van der Waals surface area (Å²) in [6, 6.07) is 3.80. The van der Waals surface area contributed by atoms with Crippen molar-refractivity contribution in [3.05, 3.63) is 23.8 Å². The SMILES string of the molecule is CC(=O)N[C@@H](C)COC1CCC(Oc2nc3cc(C(F)(F)F)ccc3n2C)CC1. The minimum absolute atomic E-state index is 0.0388. The number of aryl methyl sites for hydroxylation is 1. The molecule has 1 aliphatic rings. The van der Waals surface area contributed by atoms with Crippen molar-refractivity contribution in [2.45, 2.75) is 64.0 Å². The maximum Gasteiger partial charge on any atom is 0.416 e. The van der Waals surface area contributed by atoms with Crippen LogP contribution in [0.2, 0.25) is 0 Å². The number of hydrogen-bond donors (Lipinski definition) is 1. The predicted molar refractivity (Wildman–Crippen MR) is 102 cm³/mol. The number of rotatable bonds is 6. The highest BCUT2D eigenvalue weighted by Crippen LogP contribution is 2.33. The standard InChI is InChI=1S/C20H26F3N3O3/c1-12(24-13(2)27)11-28-15-5-7-16(8-6-15)29-19-25-17-10-14(20(21,22)23)4-9-18(17)26(19)3/h4,9-10,12,15-16H,5-8,11H2,1-3H3,(H,24,27)/t12-,15?,16?/m0/s1. The quantitative estimate of drug-likeness (QED) is 0.782. The third-order valence-corrected chi connectivity index (χ3v) is 5.09. The van der Waals surface area contributed by atoms with Gasteiger partial charge in [-0.25, -0.2) is 0 Å². The first-order valence-corrected chi connectivity index (χ1v) is 9.72. The zero-order valence-electron chi connectivity index (χ0n) is 16.8. The van der Waals surface area contributed by atoms with Gasteiger partial charge in [0.05, 0.1) is 29.3 Å². The average Bonchev–Trinajstić information content (AvgIpc) is 2.95. The molecule has 160 valence electrons. The van der Waals surface area contributed by atoms with Gasteiger partial charge in [0.25, 0.3) is 6.01 Å². The maximum atomic E-state index is 12.9. The van der Waals surface area contributed by atoms with Crippen molar-refractivity contribution < 1.29 is 27.4 Å². The molecule has 0 radical (unpaired) electrons. The van der Waals surface area contributed by atoms with E-state index in [-0.39, 0.29) is 29.7 Å². The number of fused-ring (bicyclic) bond motifs is 1. The van der Waals surface area contributed by atoms with Crippen LogP contribution in [0.15, 0.2) is 18.2 Å². The van der Waals surface area contributed by atoms with Gasteiger partial charge in [0.2, 0.25) is 5.91 Å². The number of halogens is 3. The molecular formula is C20H26F3N3O3. The highest BCUT2D eigenvalue weighted by molar-refractivity contribution is 5.77. The molecule has 1 atom stereocenters. The number of nitrogens with one attached hydrogen (secondary N) is 1. The Morgan fingerprint density at radius 3 is 2.55 bits per heavy atom. The van der Waals surface area contributed by atoms with Crippen molar-refractivity contribution in [3.63, 3.8) is 0 Å². The van der Waals surface area contributed by atoms with E-state index in [0.717, 1.165) is 37.8 Å². The lowest BCUT2D eigenvalue weighted by Crippen LogP contribution is -2.37. The van der Waals surface area contributed by atoms with Gasteiger partial charge in [-0.15, -0.1) is 0 Å². The normalized spacial score (nSPS) is 21.2. The largest absolute Gasteiger partial charge is 0.461 e. The fourth-order valence-electron chi connectivity index (χ4n) is 3.59. The van der Waals surface area contributed by atoms with Gasteiger partial charge < -0.3 is 14.8 Å². The van der Waals surface area contributed by atoms with Gasteiger partial charge in [-0.05, 0) is 50.8 Å². The van der Waals surface area contributed by atoms with Gasteiger partial charge in [0.15, 0.2) is 0 Å². The first-order chi connectivity index (χ1) is 13.6. The molecule has 0 unspecified atom stereocenters. The number of ether oxygens (including phenoxy) is 2. The van der Waals surface area contributed by atoms with Gasteiger partial charge in [0, 0.05) is 20.0 Å². The van der Waals surface area contributed by atoms with Crippen LogP contribution in [0.25, 0.3) is 11.0 Å². The fourth-order valence-corrected chi connectivity index (χ4v) is 3.59. The number of imidazole rings is 1. The van der Waals surface area contributed by atoms with Crippen LogP contribution in [0.3, 0.4) is 0 Å². The van der Waals surface area contributed by atoms with Gasteiger partial charge in [-0.1, -0.05) is 0 Å². The minimum Gasteiger partial charge on any atom is -0.461 e. The third-order valence-electron chi connectivity index (χ3n) is 5.09. The van der Waals surface area contributed by atoms with E-state index in [1.807, 2.05) is 6.92 Å². The van der Waals surface area contributed by atoms with Crippen LogP contribution in [-0.4, -0.2) is 40.3 Å². The number of nitrogens with zero attached hydrogens (tertiary/aromatic N) is 2. The molecule has 3 rings (SSSR count). The lowest BCUT2D eigenvalue weighted by molar-refractivity contribution is -0.137. The summed E-state index contributed by atoms with van der Waals surface area (Å²) in [4.78, 5) is 15.3. The summed E-state index contributed by atoms with van der Waals surface area (Å²) in [5.41, 5.74) is 0.138. The van der Waals surface area contributed by atoms with E-state index in [1.54, 1.807) is 11.6 Å². The molecule has 29 heavy (non-hydrogen) atoms. The molecule has 1 fully saturated rings. The zero-order chi connectivity index (χ0) is 21.2. The molecule has 1 saturated carbocycles. The number of benzene rings is 1. The molecule has 1 heterocycles. The molecule has 1 N–H and O–H groups in total. The van der Waals surface area contributed by atoms with Gasteiger partial charge in [-0.3, -0.25) is 9.36 Å². The van der Waals surface area contributed by atoms with Crippen LogP contribution in [0.5, 0.6) is 6.01 Å². The van der Waals surface area contributed by atoms with Crippen LogP contribution in [-0.2, 0) is 22.8 Å². The first kappa shape index (κ1) is 21.4. The Morgan fingerprint density at radius 1 is 1.28 bits per heavy atom. The number of hydrogen-bond acceptors (Lipinski definition) is 4. The minimum atomic E-state index is -4.40. The van der Waals surface area contributed by atoms with E-state index in [1.165, 1.54) is 13.0 Å². The van der Waals surface area contributed by atoms with E-state index < -0.39 is 11.7 Å². The monoisotopic (exact) mass is 413 g/mol. The topological polar surface area (TPSA) is 65.4 Å². The predicted octanol–water partition coefficient (Wildman–Crippen LogP) is 3.82. The number of amides is 1. The maximum absolute atomic E-state index is 12.9. The summed E-state index contributed by atoms with van der Waals surface area (Å²) in [5, 5.41) is 2.79. The molecule has 0 spiro atoms. The first-order valence-electron chi connectivity index (χ1n) is 9.72. The van der Waals surface area contributed by atoms with Crippen LogP contribution in [0, 0.1) is 0 Å². The third kappa shape index (κ3) is 5.41. The van der Waals surface area contributed by atoms with Crippen LogP contribution >= 0.6 is 0 Å². The summed E-state index contributed by atoms with van der Waals surface area (Å²) in [5.74, 6) is -0.0805. The van der Waals surface area contributed by atoms with Gasteiger partial charge in [0.1, 0.15) is 6.10 Å². The highest BCUT2D eigenvalue weighted by Gasteiger charge is 2.31. The molecular weight excluding hydrogens is 387 g/mol.